The molecule has 1 spiro atoms. The fraction of sp³-hybridized carbons (Fsp3) is 0.480. The van der Waals surface area contributed by atoms with E-state index in [0.29, 0.717) is 11.9 Å². The highest BCUT2D eigenvalue weighted by atomic mass is 16.2. The molecule has 1 amide bonds. The van der Waals surface area contributed by atoms with Crippen LogP contribution >= 0.6 is 0 Å². The third kappa shape index (κ3) is 2.49. The molecule has 28 heavy (non-hydrogen) atoms. The molecule has 2 aromatic carbocycles. The molecule has 3 nitrogen and oxygen atoms in total. The van der Waals surface area contributed by atoms with Crippen molar-refractivity contribution in [1.82, 2.24) is 9.80 Å². The van der Waals surface area contributed by atoms with Gasteiger partial charge in [0.1, 0.15) is 5.54 Å². The number of likely N-dealkylation sites (tertiary alicyclic amines) is 2. The van der Waals surface area contributed by atoms with Gasteiger partial charge in [-0.05, 0) is 79.3 Å². The maximum absolute atomic E-state index is 13.5. The maximum atomic E-state index is 13.5. The highest BCUT2D eigenvalue weighted by Crippen LogP contribution is 2.43. The molecule has 1 saturated carbocycles. The summed E-state index contributed by atoms with van der Waals surface area (Å²) in [6.07, 6.45) is 7.88. The molecule has 2 heterocycles. The average molecular weight is 373 g/mol. The first-order valence-corrected chi connectivity index (χ1v) is 11.0. The normalized spacial score (nSPS) is 26.7. The molecule has 2 saturated heterocycles. The number of amides is 1. The molecule has 0 bridgehead atoms. The molecule has 144 valence electrons. The molecule has 2 aliphatic carbocycles. The van der Waals surface area contributed by atoms with E-state index in [0.717, 1.165) is 51.7 Å². The quantitative estimate of drug-likeness (QED) is 0.681. The molecule has 4 aliphatic rings. The van der Waals surface area contributed by atoms with E-state index < -0.39 is 0 Å². The maximum Gasteiger partial charge on any atom is 0.243 e. The second-order valence-corrected chi connectivity index (χ2v) is 9.22. The van der Waals surface area contributed by atoms with E-state index in [1.807, 2.05) is 0 Å². The summed E-state index contributed by atoms with van der Waals surface area (Å²) >= 11 is 0. The third-order valence-electron chi connectivity index (χ3n) is 7.49. The number of piperidine rings is 1. The lowest BCUT2D eigenvalue weighted by atomic mass is 9.85. The molecule has 1 unspecified atom stereocenters. The van der Waals surface area contributed by atoms with Gasteiger partial charge in [0, 0.05) is 19.1 Å². The van der Waals surface area contributed by atoms with Crippen molar-refractivity contribution in [3.05, 3.63) is 59.2 Å². The van der Waals surface area contributed by atoms with E-state index in [1.54, 1.807) is 0 Å². The number of carbonyl (C=O) groups is 1. The number of carbonyl (C=O) groups excluding carboxylic acids is 1. The number of hydrogen-bond acceptors (Lipinski definition) is 2. The lowest BCUT2D eigenvalue weighted by Crippen LogP contribution is -2.60. The van der Waals surface area contributed by atoms with E-state index in [4.69, 9.17) is 0 Å². The number of nitrogens with zero attached hydrogens (tertiary/aromatic N) is 2. The molecule has 0 radical (unpaired) electrons. The second-order valence-electron chi connectivity index (χ2n) is 9.22. The standard InChI is InChI=1S/C25H28N2O/c28-24-25(12-4-14-27(24)21-8-9-21)11-3-13-26(25)17-18-7-10-23-20(15-18)16-19-5-1-2-6-22(19)23/h1-2,5-7,10,15,21H,3-4,8-9,11-14,16-17H2. The first-order valence-electron chi connectivity index (χ1n) is 11.0. The molecule has 6 rings (SSSR count). The van der Waals surface area contributed by atoms with Gasteiger partial charge in [0.05, 0.1) is 0 Å². The van der Waals surface area contributed by atoms with Crippen LogP contribution in [0.1, 0.15) is 55.2 Å². The summed E-state index contributed by atoms with van der Waals surface area (Å²) in [5.74, 6) is 0.437. The first kappa shape index (κ1) is 16.8. The number of rotatable bonds is 3. The smallest absolute Gasteiger partial charge is 0.243 e. The van der Waals surface area contributed by atoms with Crippen LogP contribution in [0.25, 0.3) is 11.1 Å². The van der Waals surface area contributed by atoms with Crippen molar-refractivity contribution in [2.24, 2.45) is 0 Å². The second kappa shape index (κ2) is 6.18. The molecular weight excluding hydrogens is 344 g/mol. The van der Waals surface area contributed by atoms with Gasteiger partial charge in [-0.2, -0.15) is 0 Å². The van der Waals surface area contributed by atoms with E-state index in [9.17, 15) is 4.79 Å². The summed E-state index contributed by atoms with van der Waals surface area (Å²) in [6.45, 7) is 2.95. The van der Waals surface area contributed by atoms with Gasteiger partial charge in [0.15, 0.2) is 0 Å². The minimum atomic E-state index is -0.219. The van der Waals surface area contributed by atoms with E-state index in [-0.39, 0.29) is 5.54 Å². The predicted molar refractivity (Wildman–Crippen MR) is 111 cm³/mol. The number of benzene rings is 2. The van der Waals surface area contributed by atoms with Crippen LogP contribution < -0.4 is 0 Å². The summed E-state index contributed by atoms with van der Waals surface area (Å²) in [4.78, 5) is 18.2. The average Bonchev–Trinajstić information content (AvgIpc) is 3.38. The lowest BCUT2D eigenvalue weighted by molar-refractivity contribution is -0.148. The Hall–Kier alpha value is -2.13. The summed E-state index contributed by atoms with van der Waals surface area (Å²) in [5, 5.41) is 0. The van der Waals surface area contributed by atoms with E-state index >= 15 is 0 Å². The SMILES string of the molecule is O=C1N(C2CC2)CCCC12CCCN2Cc1ccc2c(c1)Cc1ccccc1-2. The molecule has 2 aliphatic heterocycles. The van der Waals surface area contributed by atoms with Crippen molar-refractivity contribution in [2.75, 3.05) is 13.1 Å². The van der Waals surface area contributed by atoms with Gasteiger partial charge < -0.3 is 4.90 Å². The highest BCUT2D eigenvalue weighted by molar-refractivity contribution is 5.88. The van der Waals surface area contributed by atoms with Gasteiger partial charge in [0.2, 0.25) is 5.91 Å². The first-order chi connectivity index (χ1) is 13.7. The minimum absolute atomic E-state index is 0.219. The van der Waals surface area contributed by atoms with Gasteiger partial charge in [-0.1, -0.05) is 42.5 Å². The Balaban J connectivity index is 1.27. The Morgan fingerprint density at radius 2 is 1.71 bits per heavy atom. The zero-order valence-electron chi connectivity index (χ0n) is 16.5. The van der Waals surface area contributed by atoms with Crippen LogP contribution in [0.5, 0.6) is 0 Å². The van der Waals surface area contributed by atoms with Gasteiger partial charge in [0.25, 0.3) is 0 Å². The number of hydrogen-bond donors (Lipinski definition) is 0. The fourth-order valence-electron chi connectivity index (χ4n) is 5.96. The fourth-order valence-corrected chi connectivity index (χ4v) is 5.96. The summed E-state index contributed by atoms with van der Waals surface area (Å²) < 4.78 is 0. The van der Waals surface area contributed by atoms with Crippen molar-refractivity contribution >= 4 is 5.91 Å². The van der Waals surface area contributed by atoms with Crippen molar-refractivity contribution < 1.29 is 4.79 Å². The Bertz CT molecular complexity index is 947. The zero-order chi connectivity index (χ0) is 18.7. The van der Waals surface area contributed by atoms with Crippen molar-refractivity contribution in [2.45, 2.75) is 63.1 Å². The van der Waals surface area contributed by atoms with Crippen LogP contribution in [0.15, 0.2) is 42.5 Å². The van der Waals surface area contributed by atoms with Crippen molar-refractivity contribution in [3.63, 3.8) is 0 Å². The Morgan fingerprint density at radius 1 is 0.929 bits per heavy atom. The van der Waals surface area contributed by atoms with Gasteiger partial charge in [-0.25, -0.2) is 0 Å². The van der Waals surface area contributed by atoms with Gasteiger partial charge in [-0.3, -0.25) is 9.69 Å². The monoisotopic (exact) mass is 372 g/mol. The summed E-state index contributed by atoms with van der Waals surface area (Å²) in [7, 11) is 0. The lowest BCUT2D eigenvalue weighted by Gasteiger charge is -2.45. The topological polar surface area (TPSA) is 23.6 Å². The molecule has 3 fully saturated rings. The number of fused-ring (bicyclic) bond motifs is 3. The largest absolute Gasteiger partial charge is 0.338 e. The third-order valence-corrected chi connectivity index (χ3v) is 7.49. The van der Waals surface area contributed by atoms with Crippen LogP contribution in [-0.2, 0) is 17.8 Å². The Labute approximate surface area is 167 Å². The van der Waals surface area contributed by atoms with Crippen molar-refractivity contribution in [3.8, 4) is 11.1 Å². The zero-order valence-corrected chi connectivity index (χ0v) is 16.5. The van der Waals surface area contributed by atoms with Crippen LogP contribution in [0.4, 0.5) is 0 Å². The Morgan fingerprint density at radius 3 is 2.57 bits per heavy atom. The van der Waals surface area contributed by atoms with Crippen LogP contribution in [-0.4, -0.2) is 40.4 Å². The van der Waals surface area contributed by atoms with Crippen LogP contribution in [0.2, 0.25) is 0 Å². The Kier molecular flexibility index (Phi) is 3.71. The van der Waals surface area contributed by atoms with E-state index in [1.165, 1.54) is 40.7 Å². The highest BCUT2D eigenvalue weighted by Gasteiger charge is 2.52. The summed E-state index contributed by atoms with van der Waals surface area (Å²) in [6, 6.07) is 16.3. The van der Waals surface area contributed by atoms with Crippen LogP contribution in [0.3, 0.4) is 0 Å². The molecular formula is C25H28N2O. The van der Waals surface area contributed by atoms with Crippen LogP contribution in [0, 0.1) is 0 Å². The summed E-state index contributed by atoms with van der Waals surface area (Å²) in [5.41, 5.74) is 6.82. The minimum Gasteiger partial charge on any atom is -0.338 e. The molecule has 1 atom stereocenters. The molecule has 0 aromatic heterocycles. The predicted octanol–water partition coefficient (Wildman–Crippen LogP) is 4.38. The molecule has 2 aromatic rings. The van der Waals surface area contributed by atoms with E-state index in [2.05, 4.69) is 52.3 Å². The van der Waals surface area contributed by atoms with Gasteiger partial charge in [-0.15, -0.1) is 0 Å². The molecule has 3 heteroatoms. The van der Waals surface area contributed by atoms with Crippen molar-refractivity contribution in [1.29, 1.82) is 0 Å². The molecule has 0 N–H and O–H groups in total. The van der Waals surface area contributed by atoms with Gasteiger partial charge >= 0.3 is 0 Å².